The lowest BCUT2D eigenvalue weighted by Gasteiger charge is -2.13. The van der Waals surface area contributed by atoms with Crippen LogP contribution in [-0.2, 0) is 4.79 Å². The minimum atomic E-state index is -0.681. The van der Waals surface area contributed by atoms with Crippen LogP contribution in [0.4, 0.5) is 0 Å². The first kappa shape index (κ1) is 18.1. The smallest absolute Gasteiger partial charge is 0.257 e. The van der Waals surface area contributed by atoms with Crippen LogP contribution in [0.3, 0.4) is 0 Å². The number of halogens is 1. The van der Waals surface area contributed by atoms with Crippen molar-refractivity contribution < 1.29 is 19.4 Å². The van der Waals surface area contributed by atoms with E-state index in [2.05, 4.69) is 5.32 Å². The van der Waals surface area contributed by atoms with Crippen molar-refractivity contribution in [3.8, 4) is 11.5 Å². The highest BCUT2D eigenvalue weighted by atomic mass is 35.5. The van der Waals surface area contributed by atoms with Crippen molar-refractivity contribution >= 4 is 17.5 Å². The third kappa shape index (κ3) is 5.44. The minimum Gasteiger partial charge on any atom is -0.493 e. The van der Waals surface area contributed by atoms with Gasteiger partial charge >= 0.3 is 0 Å². The second-order valence-corrected chi connectivity index (χ2v) is 5.59. The Bertz CT molecular complexity index is 678. The average Bonchev–Trinajstić information content (AvgIpc) is 2.60. The molecule has 0 bridgehead atoms. The summed E-state index contributed by atoms with van der Waals surface area (Å²) in [6, 6.07) is 14.1. The molecule has 0 aliphatic heterocycles. The van der Waals surface area contributed by atoms with Crippen molar-refractivity contribution in [2.45, 2.75) is 12.5 Å². The molecule has 0 heterocycles. The molecule has 0 saturated heterocycles. The molecule has 0 aliphatic rings. The van der Waals surface area contributed by atoms with Gasteiger partial charge in [0, 0.05) is 11.6 Å². The number of hydrogen-bond donors (Lipinski definition) is 2. The summed E-state index contributed by atoms with van der Waals surface area (Å²) in [4.78, 5) is 11.8. The second-order valence-electron chi connectivity index (χ2n) is 5.15. The number of hydrogen-bond acceptors (Lipinski definition) is 4. The highest BCUT2D eigenvalue weighted by molar-refractivity contribution is 6.30. The number of methoxy groups -OCH3 is 1. The van der Waals surface area contributed by atoms with Gasteiger partial charge in [-0.25, -0.2) is 0 Å². The number of rotatable bonds is 8. The molecular formula is C18H20ClNO4. The van der Waals surface area contributed by atoms with Crippen LogP contribution < -0.4 is 14.8 Å². The Morgan fingerprint density at radius 3 is 2.67 bits per heavy atom. The fraction of sp³-hybridized carbons (Fsp3) is 0.278. The van der Waals surface area contributed by atoms with Gasteiger partial charge in [0.2, 0.25) is 0 Å². The number of aliphatic hydroxyl groups is 1. The van der Waals surface area contributed by atoms with Gasteiger partial charge in [0.05, 0.1) is 13.2 Å². The van der Waals surface area contributed by atoms with Crippen molar-refractivity contribution in [2.75, 3.05) is 20.3 Å². The van der Waals surface area contributed by atoms with Gasteiger partial charge in [-0.3, -0.25) is 4.79 Å². The first-order valence-electron chi connectivity index (χ1n) is 7.56. The van der Waals surface area contributed by atoms with Crippen LogP contribution in [-0.4, -0.2) is 31.3 Å². The van der Waals surface area contributed by atoms with E-state index < -0.39 is 6.10 Å². The third-order valence-electron chi connectivity index (χ3n) is 3.40. The Labute approximate surface area is 146 Å². The molecule has 1 unspecified atom stereocenters. The normalized spacial score (nSPS) is 11.6. The number of para-hydroxylation sites is 2. The third-order valence-corrected chi connectivity index (χ3v) is 3.64. The van der Waals surface area contributed by atoms with Crippen LogP contribution >= 0.6 is 11.6 Å². The van der Waals surface area contributed by atoms with Gasteiger partial charge in [-0.2, -0.15) is 0 Å². The Morgan fingerprint density at radius 2 is 1.96 bits per heavy atom. The molecular weight excluding hydrogens is 330 g/mol. The second kappa shape index (κ2) is 9.15. The summed E-state index contributed by atoms with van der Waals surface area (Å²) < 4.78 is 10.6. The average molecular weight is 350 g/mol. The van der Waals surface area contributed by atoms with E-state index in [9.17, 15) is 9.90 Å². The maximum absolute atomic E-state index is 11.8. The summed E-state index contributed by atoms with van der Waals surface area (Å²) >= 11 is 5.89. The van der Waals surface area contributed by atoms with E-state index in [0.717, 1.165) is 5.56 Å². The highest BCUT2D eigenvalue weighted by Gasteiger charge is 2.10. The van der Waals surface area contributed by atoms with E-state index in [1.165, 1.54) is 0 Å². The molecule has 1 amide bonds. The van der Waals surface area contributed by atoms with E-state index in [-0.39, 0.29) is 12.5 Å². The zero-order valence-corrected chi connectivity index (χ0v) is 14.1. The lowest BCUT2D eigenvalue weighted by atomic mass is 10.1. The predicted molar refractivity (Wildman–Crippen MR) is 92.5 cm³/mol. The maximum atomic E-state index is 11.8. The van der Waals surface area contributed by atoms with Gasteiger partial charge in [0.15, 0.2) is 18.1 Å². The molecule has 0 fully saturated rings. The first-order valence-corrected chi connectivity index (χ1v) is 7.94. The maximum Gasteiger partial charge on any atom is 0.257 e. The Hall–Kier alpha value is -2.24. The summed E-state index contributed by atoms with van der Waals surface area (Å²) in [5.41, 5.74) is 0.724. The number of amides is 1. The topological polar surface area (TPSA) is 67.8 Å². The fourth-order valence-corrected chi connectivity index (χ4v) is 2.36. The van der Waals surface area contributed by atoms with Crippen LogP contribution in [0.5, 0.6) is 11.5 Å². The van der Waals surface area contributed by atoms with Crippen molar-refractivity contribution in [2.24, 2.45) is 0 Å². The molecule has 6 heteroatoms. The largest absolute Gasteiger partial charge is 0.493 e. The number of aliphatic hydroxyl groups excluding tert-OH is 1. The summed E-state index contributed by atoms with van der Waals surface area (Å²) in [5, 5.41) is 13.4. The molecule has 5 nitrogen and oxygen atoms in total. The van der Waals surface area contributed by atoms with Crippen LogP contribution in [0.1, 0.15) is 18.1 Å². The molecule has 2 rings (SSSR count). The lowest BCUT2D eigenvalue weighted by Crippen LogP contribution is -2.30. The summed E-state index contributed by atoms with van der Waals surface area (Å²) in [6.45, 7) is 0.218. The quantitative estimate of drug-likeness (QED) is 0.769. The molecule has 2 aromatic rings. The van der Waals surface area contributed by atoms with E-state index in [1.54, 1.807) is 49.6 Å². The van der Waals surface area contributed by atoms with Crippen molar-refractivity contribution in [3.63, 3.8) is 0 Å². The van der Waals surface area contributed by atoms with E-state index in [0.29, 0.717) is 29.5 Å². The standard InChI is InChI=1S/C18H20ClNO4/c1-23-16-7-2-3-8-17(16)24-12-18(22)20-10-9-15(21)13-5-4-6-14(19)11-13/h2-8,11,15,21H,9-10,12H2,1H3,(H,20,22). The van der Waals surface area contributed by atoms with Gasteiger partial charge < -0.3 is 19.9 Å². The molecule has 2 aromatic carbocycles. The molecule has 1 atom stereocenters. The number of carbonyl (C=O) groups is 1. The van der Waals surface area contributed by atoms with Crippen molar-refractivity contribution in [1.82, 2.24) is 5.32 Å². The van der Waals surface area contributed by atoms with Crippen molar-refractivity contribution in [3.05, 3.63) is 59.1 Å². The Morgan fingerprint density at radius 1 is 1.21 bits per heavy atom. The fourth-order valence-electron chi connectivity index (χ4n) is 2.16. The number of benzene rings is 2. The van der Waals surface area contributed by atoms with E-state index in [4.69, 9.17) is 21.1 Å². The van der Waals surface area contributed by atoms with Crippen LogP contribution in [0.2, 0.25) is 5.02 Å². The van der Waals surface area contributed by atoms with Gasteiger partial charge in [-0.15, -0.1) is 0 Å². The summed E-state index contributed by atoms with van der Waals surface area (Å²) in [5.74, 6) is 0.815. The Kier molecular flexibility index (Phi) is 6.90. The number of nitrogens with one attached hydrogen (secondary N) is 1. The monoisotopic (exact) mass is 349 g/mol. The SMILES string of the molecule is COc1ccccc1OCC(=O)NCCC(O)c1cccc(Cl)c1. The molecule has 0 radical (unpaired) electrons. The number of carbonyl (C=O) groups excluding carboxylic acids is 1. The summed E-state index contributed by atoms with van der Waals surface area (Å²) in [7, 11) is 1.54. The number of ether oxygens (including phenoxy) is 2. The van der Waals surface area contributed by atoms with Gasteiger partial charge in [-0.1, -0.05) is 35.9 Å². The Balaban J connectivity index is 1.73. The molecule has 0 aliphatic carbocycles. The van der Waals surface area contributed by atoms with E-state index in [1.807, 2.05) is 6.07 Å². The van der Waals surface area contributed by atoms with Crippen LogP contribution in [0, 0.1) is 0 Å². The molecule has 24 heavy (non-hydrogen) atoms. The van der Waals surface area contributed by atoms with E-state index >= 15 is 0 Å². The zero-order chi connectivity index (χ0) is 17.4. The van der Waals surface area contributed by atoms with Crippen LogP contribution in [0.15, 0.2) is 48.5 Å². The minimum absolute atomic E-state index is 0.117. The van der Waals surface area contributed by atoms with Gasteiger partial charge in [0.25, 0.3) is 5.91 Å². The molecule has 0 saturated carbocycles. The first-order chi connectivity index (χ1) is 11.6. The van der Waals surface area contributed by atoms with Crippen LogP contribution in [0.25, 0.3) is 0 Å². The van der Waals surface area contributed by atoms with Gasteiger partial charge in [0.1, 0.15) is 0 Å². The highest BCUT2D eigenvalue weighted by Crippen LogP contribution is 2.25. The molecule has 0 aromatic heterocycles. The molecule has 0 spiro atoms. The van der Waals surface area contributed by atoms with Crippen molar-refractivity contribution in [1.29, 1.82) is 0 Å². The predicted octanol–water partition coefficient (Wildman–Crippen LogP) is 2.97. The summed E-state index contributed by atoms with van der Waals surface area (Å²) in [6.07, 6.45) is -0.292. The molecule has 128 valence electrons. The lowest BCUT2D eigenvalue weighted by molar-refractivity contribution is -0.123. The molecule has 2 N–H and O–H groups in total. The zero-order valence-electron chi connectivity index (χ0n) is 13.4. The van der Waals surface area contributed by atoms with Gasteiger partial charge in [-0.05, 0) is 36.2 Å².